The summed E-state index contributed by atoms with van der Waals surface area (Å²) >= 11 is 0. The third kappa shape index (κ3) is 3.27. The van der Waals surface area contributed by atoms with Gasteiger partial charge in [0.2, 0.25) is 11.8 Å². The SMILES string of the molecule is CCc1ncncc1C(=O)N1CCN(c2nccc(OC)n2)CC1. The Morgan fingerprint density at radius 2 is 2.04 bits per heavy atom. The second-order valence-corrected chi connectivity index (χ2v) is 5.41. The number of hydrogen-bond donors (Lipinski definition) is 0. The third-order valence-electron chi connectivity index (χ3n) is 4.04. The minimum absolute atomic E-state index is 0.0151. The molecule has 1 fully saturated rings. The molecular formula is C16H20N6O2. The molecule has 8 nitrogen and oxygen atoms in total. The summed E-state index contributed by atoms with van der Waals surface area (Å²) in [4.78, 5) is 33.4. The van der Waals surface area contributed by atoms with Crippen molar-refractivity contribution in [3.63, 3.8) is 0 Å². The predicted octanol–water partition coefficient (Wildman–Crippen LogP) is 0.800. The summed E-state index contributed by atoms with van der Waals surface area (Å²) in [7, 11) is 1.58. The van der Waals surface area contributed by atoms with Crippen LogP contribution < -0.4 is 9.64 Å². The lowest BCUT2D eigenvalue weighted by atomic mass is 10.1. The summed E-state index contributed by atoms with van der Waals surface area (Å²) in [6, 6.07) is 1.71. The van der Waals surface area contributed by atoms with Gasteiger partial charge in [-0.2, -0.15) is 4.98 Å². The van der Waals surface area contributed by atoms with Gasteiger partial charge in [0.15, 0.2) is 0 Å². The monoisotopic (exact) mass is 328 g/mol. The van der Waals surface area contributed by atoms with Crippen LogP contribution in [0.4, 0.5) is 5.95 Å². The normalized spacial score (nSPS) is 14.6. The first-order chi connectivity index (χ1) is 11.7. The summed E-state index contributed by atoms with van der Waals surface area (Å²) in [6.07, 6.45) is 5.47. The zero-order valence-corrected chi connectivity index (χ0v) is 13.8. The first kappa shape index (κ1) is 16.1. The fraction of sp³-hybridized carbons (Fsp3) is 0.438. The number of aryl methyl sites for hydroxylation is 1. The number of carbonyl (C=O) groups is 1. The van der Waals surface area contributed by atoms with E-state index in [-0.39, 0.29) is 5.91 Å². The summed E-state index contributed by atoms with van der Waals surface area (Å²) in [5.41, 5.74) is 1.37. The molecule has 0 saturated carbocycles. The average Bonchev–Trinajstić information content (AvgIpc) is 2.67. The highest BCUT2D eigenvalue weighted by Crippen LogP contribution is 2.16. The standard InChI is InChI=1S/C16H20N6O2/c1-3-13-12(10-17-11-19-13)15(23)21-6-8-22(9-7-21)16-18-5-4-14(20-16)24-2/h4-5,10-11H,3,6-9H2,1-2H3. The van der Waals surface area contributed by atoms with Crippen LogP contribution in [0, 0.1) is 0 Å². The van der Waals surface area contributed by atoms with Gasteiger partial charge in [-0.15, -0.1) is 0 Å². The van der Waals surface area contributed by atoms with Crippen LogP contribution in [0.2, 0.25) is 0 Å². The van der Waals surface area contributed by atoms with Gasteiger partial charge in [0.25, 0.3) is 5.91 Å². The summed E-state index contributed by atoms with van der Waals surface area (Å²) in [5.74, 6) is 1.14. The van der Waals surface area contributed by atoms with Gasteiger partial charge in [0.1, 0.15) is 6.33 Å². The molecule has 0 aromatic carbocycles. The molecule has 3 rings (SSSR count). The Labute approximate surface area is 140 Å². The zero-order valence-electron chi connectivity index (χ0n) is 13.8. The van der Waals surface area contributed by atoms with Crippen molar-refractivity contribution in [2.45, 2.75) is 13.3 Å². The molecule has 2 aromatic rings. The Kier molecular flexibility index (Phi) is 4.83. The van der Waals surface area contributed by atoms with Crippen molar-refractivity contribution in [3.05, 3.63) is 36.0 Å². The minimum Gasteiger partial charge on any atom is -0.481 e. The highest BCUT2D eigenvalue weighted by Gasteiger charge is 2.25. The summed E-state index contributed by atoms with van der Waals surface area (Å²) in [5, 5.41) is 0. The molecule has 1 amide bonds. The van der Waals surface area contributed by atoms with Gasteiger partial charge >= 0.3 is 0 Å². The Hall–Kier alpha value is -2.77. The highest BCUT2D eigenvalue weighted by molar-refractivity contribution is 5.95. The molecule has 126 valence electrons. The molecule has 1 saturated heterocycles. The van der Waals surface area contributed by atoms with E-state index in [1.165, 1.54) is 6.33 Å². The smallest absolute Gasteiger partial charge is 0.257 e. The van der Waals surface area contributed by atoms with Crippen LogP contribution >= 0.6 is 0 Å². The summed E-state index contributed by atoms with van der Waals surface area (Å²) in [6.45, 7) is 4.55. The second kappa shape index (κ2) is 7.20. The number of hydrogen-bond acceptors (Lipinski definition) is 7. The number of carbonyl (C=O) groups excluding carboxylic acids is 1. The molecule has 0 spiro atoms. The van der Waals surface area contributed by atoms with Crippen LogP contribution in [0.1, 0.15) is 23.0 Å². The fourth-order valence-corrected chi connectivity index (χ4v) is 2.69. The van der Waals surface area contributed by atoms with Crippen LogP contribution in [0.3, 0.4) is 0 Å². The van der Waals surface area contributed by atoms with E-state index >= 15 is 0 Å². The van der Waals surface area contributed by atoms with Gasteiger partial charge in [-0.3, -0.25) is 4.79 Å². The number of piperazine rings is 1. The van der Waals surface area contributed by atoms with E-state index in [2.05, 4.69) is 24.8 Å². The van der Waals surface area contributed by atoms with E-state index in [9.17, 15) is 4.79 Å². The Morgan fingerprint density at radius 1 is 1.25 bits per heavy atom. The van der Waals surface area contributed by atoms with E-state index in [1.807, 2.05) is 11.8 Å². The number of aromatic nitrogens is 4. The van der Waals surface area contributed by atoms with E-state index in [0.29, 0.717) is 50.0 Å². The van der Waals surface area contributed by atoms with Gasteiger partial charge in [-0.05, 0) is 6.42 Å². The van der Waals surface area contributed by atoms with Crippen molar-refractivity contribution in [2.24, 2.45) is 0 Å². The van der Waals surface area contributed by atoms with E-state index in [1.54, 1.807) is 25.6 Å². The first-order valence-electron chi connectivity index (χ1n) is 7.93. The van der Waals surface area contributed by atoms with Gasteiger partial charge in [-0.1, -0.05) is 6.92 Å². The van der Waals surface area contributed by atoms with Crippen LogP contribution in [0.5, 0.6) is 5.88 Å². The van der Waals surface area contributed by atoms with Crippen molar-refractivity contribution < 1.29 is 9.53 Å². The predicted molar refractivity (Wildman–Crippen MR) is 88.1 cm³/mol. The molecule has 0 unspecified atom stereocenters. The number of amides is 1. The highest BCUT2D eigenvalue weighted by atomic mass is 16.5. The Bertz CT molecular complexity index is 715. The minimum atomic E-state index is -0.0151. The molecular weight excluding hydrogens is 308 g/mol. The maximum atomic E-state index is 12.7. The molecule has 3 heterocycles. The number of nitrogens with zero attached hydrogens (tertiary/aromatic N) is 6. The maximum Gasteiger partial charge on any atom is 0.257 e. The van der Waals surface area contributed by atoms with E-state index in [4.69, 9.17) is 4.74 Å². The molecule has 0 bridgehead atoms. The average molecular weight is 328 g/mol. The first-order valence-corrected chi connectivity index (χ1v) is 7.93. The van der Waals surface area contributed by atoms with Crippen molar-refractivity contribution in [2.75, 3.05) is 38.2 Å². The van der Waals surface area contributed by atoms with Crippen molar-refractivity contribution in [1.82, 2.24) is 24.8 Å². The topological polar surface area (TPSA) is 84.3 Å². The summed E-state index contributed by atoms with van der Waals surface area (Å²) < 4.78 is 5.13. The van der Waals surface area contributed by atoms with Crippen LogP contribution in [0.25, 0.3) is 0 Å². The van der Waals surface area contributed by atoms with Gasteiger partial charge in [0.05, 0.1) is 18.4 Å². The lowest BCUT2D eigenvalue weighted by Gasteiger charge is -2.34. The van der Waals surface area contributed by atoms with Crippen LogP contribution in [-0.4, -0.2) is 64.0 Å². The van der Waals surface area contributed by atoms with Crippen LogP contribution in [-0.2, 0) is 6.42 Å². The third-order valence-corrected chi connectivity index (χ3v) is 4.04. The number of methoxy groups -OCH3 is 1. The fourth-order valence-electron chi connectivity index (χ4n) is 2.69. The molecule has 24 heavy (non-hydrogen) atoms. The van der Waals surface area contributed by atoms with Crippen molar-refractivity contribution in [1.29, 1.82) is 0 Å². The molecule has 8 heteroatoms. The van der Waals surface area contributed by atoms with Crippen molar-refractivity contribution in [3.8, 4) is 5.88 Å². The molecule has 1 aliphatic heterocycles. The number of anilines is 1. The molecule has 0 atom stereocenters. The maximum absolute atomic E-state index is 12.7. The molecule has 0 aliphatic carbocycles. The van der Waals surface area contributed by atoms with E-state index < -0.39 is 0 Å². The zero-order chi connectivity index (χ0) is 16.9. The molecule has 0 radical (unpaired) electrons. The Morgan fingerprint density at radius 3 is 2.75 bits per heavy atom. The van der Waals surface area contributed by atoms with E-state index in [0.717, 1.165) is 5.69 Å². The molecule has 0 N–H and O–H groups in total. The van der Waals surface area contributed by atoms with Crippen molar-refractivity contribution >= 4 is 11.9 Å². The molecule has 1 aliphatic rings. The lowest BCUT2D eigenvalue weighted by Crippen LogP contribution is -2.49. The van der Waals surface area contributed by atoms with Gasteiger partial charge in [-0.25, -0.2) is 15.0 Å². The number of ether oxygens (including phenoxy) is 1. The van der Waals surface area contributed by atoms with Crippen LogP contribution in [0.15, 0.2) is 24.8 Å². The number of rotatable bonds is 4. The van der Waals surface area contributed by atoms with Gasteiger partial charge in [0, 0.05) is 44.6 Å². The largest absolute Gasteiger partial charge is 0.481 e. The van der Waals surface area contributed by atoms with Gasteiger partial charge < -0.3 is 14.5 Å². The molecule has 2 aromatic heterocycles. The lowest BCUT2D eigenvalue weighted by molar-refractivity contribution is 0.0744. The second-order valence-electron chi connectivity index (χ2n) is 5.41. The Balaban J connectivity index is 1.67. The quantitative estimate of drug-likeness (QED) is 0.820.